The second kappa shape index (κ2) is 8.55. The molecule has 148 valence electrons. The predicted octanol–water partition coefficient (Wildman–Crippen LogP) is 3.60. The molecule has 0 fully saturated rings. The van der Waals surface area contributed by atoms with Gasteiger partial charge < -0.3 is 15.4 Å². The van der Waals surface area contributed by atoms with Crippen LogP contribution in [0.4, 0.5) is 24.5 Å². The molecule has 0 aromatic heterocycles. The van der Waals surface area contributed by atoms with Crippen molar-refractivity contribution in [3.8, 4) is 0 Å². The van der Waals surface area contributed by atoms with Crippen LogP contribution in [-0.2, 0) is 14.3 Å². The normalized spacial score (nSPS) is 10.9. The topological polar surface area (TPSA) is 84.5 Å². The SMILES string of the molecule is Cc1cc(C)cc(NC(=O)COC(=O)c2cccc(NC(=O)C(F)(F)F)c2)c1. The molecule has 0 spiro atoms. The highest BCUT2D eigenvalue weighted by Gasteiger charge is 2.38. The van der Waals surface area contributed by atoms with E-state index in [1.54, 1.807) is 17.4 Å². The number of aryl methyl sites for hydroxylation is 2. The first-order chi connectivity index (χ1) is 13.0. The van der Waals surface area contributed by atoms with E-state index in [1.807, 2.05) is 19.9 Å². The molecule has 0 aliphatic carbocycles. The first kappa shape index (κ1) is 20.9. The van der Waals surface area contributed by atoms with Crippen LogP contribution < -0.4 is 10.6 Å². The number of carbonyl (C=O) groups excluding carboxylic acids is 3. The van der Waals surface area contributed by atoms with Crippen molar-refractivity contribution in [2.24, 2.45) is 0 Å². The molecule has 2 aromatic rings. The number of ether oxygens (including phenoxy) is 1. The third-order valence-electron chi connectivity index (χ3n) is 3.45. The molecule has 0 saturated carbocycles. The Hall–Kier alpha value is -3.36. The molecule has 28 heavy (non-hydrogen) atoms. The number of anilines is 2. The Morgan fingerprint density at radius 3 is 2.18 bits per heavy atom. The van der Waals surface area contributed by atoms with Gasteiger partial charge in [0.2, 0.25) is 0 Å². The van der Waals surface area contributed by atoms with Gasteiger partial charge in [0.05, 0.1) is 5.56 Å². The van der Waals surface area contributed by atoms with Gasteiger partial charge in [0.25, 0.3) is 5.91 Å². The van der Waals surface area contributed by atoms with Crippen LogP contribution in [0, 0.1) is 13.8 Å². The number of hydrogen-bond donors (Lipinski definition) is 2. The zero-order valence-corrected chi connectivity index (χ0v) is 15.0. The Kier molecular flexibility index (Phi) is 6.40. The maximum atomic E-state index is 12.3. The van der Waals surface area contributed by atoms with Crippen LogP contribution in [-0.4, -0.2) is 30.6 Å². The highest BCUT2D eigenvalue weighted by molar-refractivity contribution is 5.98. The molecule has 0 radical (unpaired) electrons. The minimum atomic E-state index is -5.05. The van der Waals surface area contributed by atoms with Crippen molar-refractivity contribution < 1.29 is 32.3 Å². The van der Waals surface area contributed by atoms with E-state index in [2.05, 4.69) is 5.32 Å². The summed E-state index contributed by atoms with van der Waals surface area (Å²) in [6.07, 6.45) is -5.05. The van der Waals surface area contributed by atoms with E-state index in [0.29, 0.717) is 5.69 Å². The Morgan fingerprint density at radius 1 is 0.929 bits per heavy atom. The summed E-state index contributed by atoms with van der Waals surface area (Å²) < 4.78 is 41.7. The van der Waals surface area contributed by atoms with Gasteiger partial charge in [-0.2, -0.15) is 13.2 Å². The quantitative estimate of drug-likeness (QED) is 0.759. The van der Waals surface area contributed by atoms with Crippen LogP contribution in [0.5, 0.6) is 0 Å². The zero-order chi connectivity index (χ0) is 20.9. The van der Waals surface area contributed by atoms with Gasteiger partial charge in [-0.15, -0.1) is 0 Å². The van der Waals surface area contributed by atoms with Crippen molar-refractivity contribution in [2.75, 3.05) is 17.2 Å². The number of amides is 2. The van der Waals surface area contributed by atoms with Gasteiger partial charge in [0.1, 0.15) is 0 Å². The molecule has 2 rings (SSSR count). The Balaban J connectivity index is 1.94. The Morgan fingerprint density at radius 2 is 1.57 bits per heavy atom. The van der Waals surface area contributed by atoms with Crippen molar-refractivity contribution in [3.63, 3.8) is 0 Å². The van der Waals surface area contributed by atoms with Crippen LogP contribution >= 0.6 is 0 Å². The molecule has 2 N–H and O–H groups in total. The summed E-state index contributed by atoms with van der Waals surface area (Å²) in [5.41, 5.74) is 2.11. The Labute approximate surface area is 158 Å². The first-order valence-corrected chi connectivity index (χ1v) is 8.08. The van der Waals surface area contributed by atoms with E-state index in [9.17, 15) is 27.6 Å². The van der Waals surface area contributed by atoms with E-state index >= 15 is 0 Å². The number of alkyl halides is 3. The second-order valence-electron chi connectivity index (χ2n) is 6.03. The lowest BCUT2D eigenvalue weighted by Crippen LogP contribution is -2.30. The lowest BCUT2D eigenvalue weighted by atomic mass is 10.1. The van der Waals surface area contributed by atoms with E-state index < -0.39 is 30.6 Å². The van der Waals surface area contributed by atoms with E-state index in [0.717, 1.165) is 17.2 Å². The average molecular weight is 394 g/mol. The largest absolute Gasteiger partial charge is 0.471 e. The van der Waals surface area contributed by atoms with Crippen LogP contribution in [0.1, 0.15) is 21.5 Å². The second-order valence-corrected chi connectivity index (χ2v) is 6.03. The number of rotatable bonds is 5. The van der Waals surface area contributed by atoms with Gasteiger partial charge in [0.15, 0.2) is 6.61 Å². The average Bonchev–Trinajstić information content (AvgIpc) is 2.58. The smallest absolute Gasteiger partial charge is 0.452 e. The van der Waals surface area contributed by atoms with Gasteiger partial charge in [-0.25, -0.2) is 4.79 Å². The highest BCUT2D eigenvalue weighted by Crippen LogP contribution is 2.19. The molecular weight excluding hydrogens is 377 g/mol. The summed E-state index contributed by atoms with van der Waals surface area (Å²) in [5.74, 6) is -3.65. The van der Waals surface area contributed by atoms with Crippen LogP contribution in [0.3, 0.4) is 0 Å². The highest BCUT2D eigenvalue weighted by atomic mass is 19.4. The standard InChI is InChI=1S/C19H17F3N2O4/c1-11-6-12(2)8-15(7-11)23-16(25)10-28-17(26)13-4-3-5-14(9-13)24-18(27)19(20,21)22/h3-9H,10H2,1-2H3,(H,23,25)(H,24,27). The number of esters is 1. The predicted molar refractivity (Wildman–Crippen MR) is 96.0 cm³/mol. The van der Waals surface area contributed by atoms with E-state index in [4.69, 9.17) is 4.74 Å². The van der Waals surface area contributed by atoms with Crippen molar-refractivity contribution in [1.82, 2.24) is 0 Å². The third-order valence-corrected chi connectivity index (χ3v) is 3.45. The minimum absolute atomic E-state index is 0.112. The summed E-state index contributed by atoms with van der Waals surface area (Å²) in [7, 11) is 0. The monoisotopic (exact) mass is 394 g/mol. The van der Waals surface area contributed by atoms with Gasteiger partial charge in [-0.1, -0.05) is 12.1 Å². The summed E-state index contributed by atoms with van der Waals surface area (Å²) in [5, 5.41) is 4.22. The van der Waals surface area contributed by atoms with Crippen LogP contribution in [0.15, 0.2) is 42.5 Å². The van der Waals surface area contributed by atoms with Gasteiger partial charge in [-0.05, 0) is 55.3 Å². The lowest BCUT2D eigenvalue weighted by molar-refractivity contribution is -0.167. The maximum Gasteiger partial charge on any atom is 0.471 e. The fourth-order valence-electron chi connectivity index (χ4n) is 2.38. The summed E-state index contributed by atoms with van der Waals surface area (Å²) >= 11 is 0. The number of halogens is 3. The lowest BCUT2D eigenvalue weighted by Gasteiger charge is -2.10. The van der Waals surface area contributed by atoms with Crippen molar-refractivity contribution in [2.45, 2.75) is 20.0 Å². The van der Waals surface area contributed by atoms with Crippen molar-refractivity contribution in [1.29, 1.82) is 0 Å². The van der Waals surface area contributed by atoms with Crippen LogP contribution in [0.25, 0.3) is 0 Å². The molecule has 0 aliphatic heterocycles. The molecule has 0 bridgehead atoms. The molecule has 0 aliphatic rings. The summed E-state index contributed by atoms with van der Waals surface area (Å²) in [6.45, 7) is 3.16. The maximum absolute atomic E-state index is 12.3. The number of nitrogens with one attached hydrogen (secondary N) is 2. The third kappa shape index (κ3) is 6.11. The molecule has 2 amide bonds. The van der Waals surface area contributed by atoms with Gasteiger partial charge >= 0.3 is 18.1 Å². The number of benzene rings is 2. The molecular formula is C19H17F3N2O4. The molecule has 0 saturated heterocycles. The fourth-order valence-corrected chi connectivity index (χ4v) is 2.38. The minimum Gasteiger partial charge on any atom is -0.452 e. The number of carbonyl (C=O) groups is 3. The fraction of sp³-hybridized carbons (Fsp3) is 0.211. The molecule has 0 unspecified atom stereocenters. The van der Waals surface area contributed by atoms with Gasteiger partial charge in [0, 0.05) is 11.4 Å². The summed E-state index contributed by atoms with van der Waals surface area (Å²) in [6, 6.07) is 10.2. The molecule has 6 nitrogen and oxygen atoms in total. The number of hydrogen-bond acceptors (Lipinski definition) is 4. The zero-order valence-electron chi connectivity index (χ0n) is 15.0. The molecule has 2 aromatic carbocycles. The van der Waals surface area contributed by atoms with E-state index in [-0.39, 0.29) is 11.3 Å². The van der Waals surface area contributed by atoms with Gasteiger partial charge in [-0.3, -0.25) is 9.59 Å². The van der Waals surface area contributed by atoms with E-state index in [1.165, 1.54) is 18.2 Å². The van der Waals surface area contributed by atoms with Crippen LogP contribution in [0.2, 0.25) is 0 Å². The summed E-state index contributed by atoms with van der Waals surface area (Å²) in [4.78, 5) is 34.9. The molecule has 9 heteroatoms. The molecule has 0 atom stereocenters. The van der Waals surface area contributed by atoms with Crippen molar-refractivity contribution >= 4 is 29.2 Å². The molecule has 0 heterocycles. The Bertz CT molecular complexity index is 890. The first-order valence-electron chi connectivity index (χ1n) is 8.08. The van der Waals surface area contributed by atoms with Crippen molar-refractivity contribution in [3.05, 3.63) is 59.2 Å².